The number of hydrogen-bond donors (Lipinski definition) is 1. The van der Waals surface area contributed by atoms with Crippen molar-refractivity contribution in [3.63, 3.8) is 0 Å². The molecule has 0 atom stereocenters. The number of benzene rings is 2. The summed E-state index contributed by atoms with van der Waals surface area (Å²) in [4.78, 5) is 14.2. The molecule has 30 heavy (non-hydrogen) atoms. The van der Waals surface area contributed by atoms with Gasteiger partial charge in [0.05, 0.1) is 16.7 Å². The number of nitrogens with two attached hydrogens (primary N) is 1. The van der Waals surface area contributed by atoms with Crippen LogP contribution in [0.25, 0.3) is 11.3 Å². The van der Waals surface area contributed by atoms with Crippen molar-refractivity contribution in [1.82, 2.24) is 9.78 Å². The molecule has 0 unspecified atom stereocenters. The zero-order valence-corrected chi connectivity index (χ0v) is 17.5. The van der Waals surface area contributed by atoms with Gasteiger partial charge < -0.3 is 10.5 Å². The molecule has 0 bridgehead atoms. The molecule has 2 aromatic carbocycles. The highest BCUT2D eigenvalue weighted by molar-refractivity contribution is 7.99. The Morgan fingerprint density at radius 2 is 2.03 bits per heavy atom. The second kappa shape index (κ2) is 8.34. The van der Waals surface area contributed by atoms with E-state index in [1.54, 1.807) is 10.9 Å². The Morgan fingerprint density at radius 3 is 2.70 bits per heavy atom. The summed E-state index contributed by atoms with van der Waals surface area (Å²) in [6.45, 7) is 1.04. The van der Waals surface area contributed by atoms with Crippen LogP contribution in [0.1, 0.15) is 24.0 Å². The number of carbonyl (C=O) groups excluding carboxylic acids is 1. The maximum atomic E-state index is 12.3. The standard InChI is InChI=1S/C23H22N4O2S/c1-27-20(7-10-26-27)16-5-6-21(17(13-16)15-24)30-19-4-2-3-18(14-19)23(22(25)28)8-11-29-12-9-23/h2-7,10,13-14H,8-9,11-12H2,1H3,(H2,25,28). The maximum Gasteiger partial charge on any atom is 0.228 e. The van der Waals surface area contributed by atoms with Gasteiger partial charge in [0.15, 0.2) is 0 Å². The summed E-state index contributed by atoms with van der Waals surface area (Å²) >= 11 is 1.51. The SMILES string of the molecule is Cn1nccc1-c1ccc(Sc2cccc(C3(C(N)=O)CCOCC3)c2)c(C#N)c1. The third kappa shape index (κ3) is 3.72. The van der Waals surface area contributed by atoms with Crippen molar-refractivity contribution in [2.24, 2.45) is 12.8 Å². The minimum Gasteiger partial charge on any atom is -0.381 e. The first kappa shape index (κ1) is 20.2. The predicted octanol–water partition coefficient (Wildman–Crippen LogP) is 3.64. The van der Waals surface area contributed by atoms with E-state index in [0.29, 0.717) is 31.6 Å². The number of nitriles is 1. The van der Waals surface area contributed by atoms with Crippen molar-refractivity contribution in [1.29, 1.82) is 5.26 Å². The third-order valence-corrected chi connectivity index (χ3v) is 6.71. The number of carbonyl (C=O) groups is 1. The lowest BCUT2D eigenvalue weighted by atomic mass is 9.73. The Hall–Kier alpha value is -3.08. The summed E-state index contributed by atoms with van der Waals surface area (Å²) in [7, 11) is 1.88. The number of ether oxygens (including phenoxy) is 1. The normalized spacial score (nSPS) is 15.5. The molecule has 1 aliphatic rings. The van der Waals surface area contributed by atoms with E-state index in [4.69, 9.17) is 10.5 Å². The molecule has 2 N–H and O–H groups in total. The number of aryl methyl sites for hydroxylation is 1. The van der Waals surface area contributed by atoms with Crippen LogP contribution >= 0.6 is 11.8 Å². The Labute approximate surface area is 179 Å². The Bertz CT molecular complexity index is 1130. The number of hydrogen-bond acceptors (Lipinski definition) is 5. The molecule has 4 rings (SSSR count). The van der Waals surface area contributed by atoms with E-state index in [1.807, 2.05) is 55.6 Å². The summed E-state index contributed by atoms with van der Waals surface area (Å²) in [6, 6.07) is 17.9. The van der Waals surface area contributed by atoms with Gasteiger partial charge in [-0.1, -0.05) is 30.0 Å². The van der Waals surface area contributed by atoms with Crippen LogP contribution in [0.3, 0.4) is 0 Å². The molecule has 2 heterocycles. The van der Waals surface area contributed by atoms with Gasteiger partial charge in [-0.3, -0.25) is 9.48 Å². The summed E-state index contributed by atoms with van der Waals surface area (Å²) in [6.07, 6.45) is 2.90. The molecular formula is C23H22N4O2S. The van der Waals surface area contributed by atoms with Gasteiger partial charge in [-0.15, -0.1) is 0 Å². The van der Waals surface area contributed by atoms with Gasteiger partial charge in [0, 0.05) is 41.8 Å². The summed E-state index contributed by atoms with van der Waals surface area (Å²) in [5.41, 5.74) is 8.51. The molecule has 1 aromatic heterocycles. The van der Waals surface area contributed by atoms with Gasteiger partial charge in [-0.25, -0.2) is 0 Å². The highest BCUT2D eigenvalue weighted by Gasteiger charge is 2.40. The van der Waals surface area contributed by atoms with Crippen molar-refractivity contribution in [2.45, 2.75) is 28.0 Å². The van der Waals surface area contributed by atoms with Crippen LogP contribution in [0, 0.1) is 11.3 Å². The molecule has 0 spiro atoms. The minimum atomic E-state index is -0.698. The van der Waals surface area contributed by atoms with E-state index in [1.165, 1.54) is 11.8 Å². The van der Waals surface area contributed by atoms with E-state index in [9.17, 15) is 10.1 Å². The van der Waals surface area contributed by atoms with Gasteiger partial charge in [0.2, 0.25) is 5.91 Å². The fourth-order valence-corrected chi connectivity index (χ4v) is 4.84. The lowest BCUT2D eigenvalue weighted by Gasteiger charge is -2.34. The van der Waals surface area contributed by atoms with Gasteiger partial charge >= 0.3 is 0 Å². The average Bonchev–Trinajstić information content (AvgIpc) is 3.20. The van der Waals surface area contributed by atoms with Crippen LogP contribution in [-0.2, 0) is 22.0 Å². The molecule has 1 fully saturated rings. The first-order valence-corrected chi connectivity index (χ1v) is 10.5. The average molecular weight is 419 g/mol. The number of nitrogens with zero attached hydrogens (tertiary/aromatic N) is 3. The first-order valence-electron chi connectivity index (χ1n) is 9.72. The number of rotatable bonds is 5. The zero-order chi connectivity index (χ0) is 21.1. The van der Waals surface area contributed by atoms with Gasteiger partial charge in [-0.05, 0) is 48.7 Å². The fraction of sp³-hybridized carbons (Fsp3) is 0.261. The zero-order valence-electron chi connectivity index (χ0n) is 16.7. The minimum absolute atomic E-state index is 0.314. The summed E-state index contributed by atoms with van der Waals surface area (Å²) < 4.78 is 7.23. The Kier molecular flexibility index (Phi) is 5.62. The lowest BCUT2D eigenvalue weighted by molar-refractivity contribution is -0.127. The molecule has 152 valence electrons. The molecular weight excluding hydrogens is 396 g/mol. The van der Waals surface area contributed by atoms with E-state index < -0.39 is 5.41 Å². The summed E-state index contributed by atoms with van der Waals surface area (Å²) in [5.74, 6) is -0.314. The molecule has 0 saturated carbocycles. The maximum absolute atomic E-state index is 12.3. The van der Waals surface area contributed by atoms with Crippen LogP contribution in [0.5, 0.6) is 0 Å². The van der Waals surface area contributed by atoms with E-state index >= 15 is 0 Å². The Morgan fingerprint density at radius 1 is 1.23 bits per heavy atom. The molecule has 6 nitrogen and oxygen atoms in total. The van der Waals surface area contributed by atoms with Crippen molar-refractivity contribution in [3.05, 3.63) is 65.9 Å². The monoisotopic (exact) mass is 418 g/mol. The Balaban J connectivity index is 1.65. The predicted molar refractivity (Wildman–Crippen MR) is 115 cm³/mol. The third-order valence-electron chi connectivity index (χ3n) is 5.65. The van der Waals surface area contributed by atoms with Crippen LogP contribution in [0.2, 0.25) is 0 Å². The lowest BCUT2D eigenvalue weighted by Crippen LogP contribution is -2.45. The topological polar surface area (TPSA) is 93.9 Å². The van der Waals surface area contributed by atoms with Gasteiger partial charge in [0.25, 0.3) is 0 Å². The van der Waals surface area contributed by atoms with Crippen molar-refractivity contribution >= 4 is 17.7 Å². The van der Waals surface area contributed by atoms with Crippen LogP contribution in [0.15, 0.2) is 64.5 Å². The highest BCUT2D eigenvalue weighted by Crippen LogP contribution is 2.38. The molecule has 1 aliphatic heterocycles. The molecule has 0 radical (unpaired) electrons. The van der Waals surface area contributed by atoms with Crippen LogP contribution in [-0.4, -0.2) is 28.9 Å². The van der Waals surface area contributed by atoms with Crippen molar-refractivity contribution in [3.8, 4) is 17.3 Å². The number of aromatic nitrogens is 2. The second-order valence-corrected chi connectivity index (χ2v) is 8.47. The van der Waals surface area contributed by atoms with Gasteiger partial charge in [0.1, 0.15) is 6.07 Å². The van der Waals surface area contributed by atoms with E-state index in [0.717, 1.165) is 26.6 Å². The quantitative estimate of drug-likeness (QED) is 0.683. The van der Waals surface area contributed by atoms with E-state index in [-0.39, 0.29) is 5.91 Å². The fourth-order valence-electron chi connectivity index (χ4n) is 3.90. The molecule has 0 aliphatic carbocycles. The first-order chi connectivity index (χ1) is 14.5. The van der Waals surface area contributed by atoms with Crippen molar-refractivity contribution < 1.29 is 9.53 Å². The number of primary amides is 1. The van der Waals surface area contributed by atoms with Crippen molar-refractivity contribution in [2.75, 3.05) is 13.2 Å². The molecule has 7 heteroatoms. The largest absolute Gasteiger partial charge is 0.381 e. The van der Waals surface area contributed by atoms with Crippen LogP contribution < -0.4 is 5.73 Å². The smallest absolute Gasteiger partial charge is 0.228 e. The van der Waals surface area contributed by atoms with E-state index in [2.05, 4.69) is 11.2 Å². The molecule has 1 saturated heterocycles. The van der Waals surface area contributed by atoms with Gasteiger partial charge in [-0.2, -0.15) is 10.4 Å². The van der Waals surface area contributed by atoms with Crippen LogP contribution in [0.4, 0.5) is 0 Å². The summed E-state index contributed by atoms with van der Waals surface area (Å²) in [5, 5.41) is 13.9. The molecule has 1 amide bonds. The molecule has 3 aromatic rings. The second-order valence-electron chi connectivity index (χ2n) is 7.35. The number of amides is 1. The highest BCUT2D eigenvalue weighted by atomic mass is 32.2.